The molecule has 112 valence electrons. The molecule has 0 spiro atoms. The van der Waals surface area contributed by atoms with Gasteiger partial charge in [0.05, 0.1) is 28.5 Å². The molecular weight excluding hydrogens is 296 g/mol. The summed E-state index contributed by atoms with van der Waals surface area (Å²) in [6.45, 7) is 1.11. The number of morpholine rings is 1. The molecule has 0 aromatic heterocycles. The number of likely N-dealkylation sites (tertiary alicyclic amines) is 1. The van der Waals surface area contributed by atoms with E-state index >= 15 is 0 Å². The van der Waals surface area contributed by atoms with Crippen LogP contribution in [-0.2, 0) is 4.74 Å². The minimum atomic E-state index is -1.06. The number of urea groups is 1. The predicted octanol–water partition coefficient (Wildman–Crippen LogP) is 2.43. The number of halogens is 1. The van der Waals surface area contributed by atoms with Gasteiger partial charge in [-0.3, -0.25) is 0 Å². The van der Waals surface area contributed by atoms with Gasteiger partial charge < -0.3 is 20.1 Å². The summed E-state index contributed by atoms with van der Waals surface area (Å²) >= 11 is 6.00. The first-order valence-corrected chi connectivity index (χ1v) is 7.15. The van der Waals surface area contributed by atoms with E-state index in [0.717, 1.165) is 12.8 Å². The molecule has 2 saturated heterocycles. The highest BCUT2D eigenvalue weighted by atomic mass is 35.5. The van der Waals surface area contributed by atoms with Crippen molar-refractivity contribution >= 4 is 29.3 Å². The summed E-state index contributed by atoms with van der Waals surface area (Å²) in [7, 11) is 0. The molecule has 2 aliphatic rings. The van der Waals surface area contributed by atoms with Crippen molar-refractivity contribution in [3.8, 4) is 0 Å². The monoisotopic (exact) mass is 310 g/mol. The van der Waals surface area contributed by atoms with Gasteiger partial charge in [0.2, 0.25) is 0 Å². The Bertz CT molecular complexity index is 580. The van der Waals surface area contributed by atoms with E-state index in [1.807, 2.05) is 0 Å². The van der Waals surface area contributed by atoms with Gasteiger partial charge in [-0.25, -0.2) is 9.59 Å². The van der Waals surface area contributed by atoms with Gasteiger partial charge in [-0.15, -0.1) is 0 Å². The molecule has 2 fully saturated rings. The number of hydrogen-bond acceptors (Lipinski definition) is 3. The van der Waals surface area contributed by atoms with Crippen LogP contribution in [0.4, 0.5) is 10.5 Å². The third-order valence-corrected chi connectivity index (χ3v) is 4.12. The van der Waals surface area contributed by atoms with Crippen LogP contribution in [0.1, 0.15) is 23.2 Å². The van der Waals surface area contributed by atoms with Crippen LogP contribution in [0.15, 0.2) is 18.2 Å². The van der Waals surface area contributed by atoms with Crippen LogP contribution in [0.2, 0.25) is 5.02 Å². The number of rotatable bonds is 2. The Morgan fingerprint density at radius 1 is 1.29 bits per heavy atom. The predicted molar refractivity (Wildman–Crippen MR) is 76.9 cm³/mol. The molecule has 2 heterocycles. The highest BCUT2D eigenvalue weighted by molar-refractivity contribution is 6.33. The molecule has 21 heavy (non-hydrogen) atoms. The van der Waals surface area contributed by atoms with Gasteiger partial charge in [-0.05, 0) is 31.0 Å². The fraction of sp³-hybridized carbons (Fsp3) is 0.429. The number of nitrogens with one attached hydrogen (secondary N) is 1. The van der Waals surface area contributed by atoms with Crippen LogP contribution in [-0.4, -0.2) is 47.3 Å². The van der Waals surface area contributed by atoms with Crippen molar-refractivity contribution in [1.82, 2.24) is 4.90 Å². The standard InChI is InChI=1S/C14H15ClN2O4/c15-11-4-1-8(13(18)19)5-12(11)16-14(20)17-6-9-2-3-10(7-17)21-9/h1,4-5,9-10H,2-3,6-7H2,(H,16,20)(H,18,19). The number of benzene rings is 1. The van der Waals surface area contributed by atoms with Crippen molar-refractivity contribution in [3.05, 3.63) is 28.8 Å². The number of aromatic carboxylic acids is 1. The minimum Gasteiger partial charge on any atom is -0.478 e. The van der Waals surface area contributed by atoms with E-state index in [1.54, 1.807) is 4.90 Å². The maximum Gasteiger partial charge on any atom is 0.335 e. The van der Waals surface area contributed by atoms with Crippen molar-refractivity contribution in [3.63, 3.8) is 0 Å². The minimum absolute atomic E-state index is 0.0803. The largest absolute Gasteiger partial charge is 0.478 e. The van der Waals surface area contributed by atoms with Crippen LogP contribution >= 0.6 is 11.6 Å². The smallest absolute Gasteiger partial charge is 0.335 e. The molecule has 2 N–H and O–H groups in total. The van der Waals surface area contributed by atoms with E-state index in [9.17, 15) is 9.59 Å². The molecule has 6 nitrogen and oxygen atoms in total. The third kappa shape index (κ3) is 2.96. The summed E-state index contributed by atoms with van der Waals surface area (Å²) in [4.78, 5) is 24.9. The zero-order chi connectivity index (χ0) is 15.0. The van der Waals surface area contributed by atoms with E-state index in [4.69, 9.17) is 21.4 Å². The van der Waals surface area contributed by atoms with Crippen molar-refractivity contribution in [2.45, 2.75) is 25.0 Å². The lowest BCUT2D eigenvalue weighted by molar-refractivity contribution is -0.0219. The summed E-state index contributed by atoms with van der Waals surface area (Å²) in [6.07, 6.45) is 2.17. The van der Waals surface area contributed by atoms with Gasteiger partial charge in [0.15, 0.2) is 0 Å². The average molecular weight is 311 g/mol. The average Bonchev–Trinajstić information content (AvgIpc) is 2.79. The van der Waals surface area contributed by atoms with Crippen LogP contribution in [0.3, 0.4) is 0 Å². The zero-order valence-electron chi connectivity index (χ0n) is 11.2. The van der Waals surface area contributed by atoms with E-state index in [-0.39, 0.29) is 23.8 Å². The first kappa shape index (κ1) is 14.2. The number of carboxylic acid groups (broad SMARTS) is 1. The molecule has 1 aromatic rings. The zero-order valence-corrected chi connectivity index (χ0v) is 12.0. The van der Waals surface area contributed by atoms with Gasteiger partial charge in [0.25, 0.3) is 0 Å². The second-order valence-electron chi connectivity index (χ2n) is 5.29. The molecule has 2 unspecified atom stereocenters. The molecule has 2 atom stereocenters. The first-order chi connectivity index (χ1) is 10.0. The van der Waals surface area contributed by atoms with Gasteiger partial charge in [-0.1, -0.05) is 11.6 Å². The lowest BCUT2D eigenvalue weighted by Crippen LogP contribution is -2.47. The Morgan fingerprint density at radius 2 is 1.95 bits per heavy atom. The van der Waals surface area contributed by atoms with Gasteiger partial charge >= 0.3 is 12.0 Å². The fourth-order valence-electron chi connectivity index (χ4n) is 2.73. The molecule has 2 amide bonds. The summed E-state index contributed by atoms with van der Waals surface area (Å²) in [6, 6.07) is 3.94. The number of hydrogen-bond donors (Lipinski definition) is 2. The number of ether oxygens (including phenoxy) is 1. The third-order valence-electron chi connectivity index (χ3n) is 3.79. The van der Waals surface area contributed by atoms with Crippen molar-refractivity contribution in [1.29, 1.82) is 0 Å². The highest BCUT2D eigenvalue weighted by Crippen LogP contribution is 2.28. The number of anilines is 1. The quantitative estimate of drug-likeness (QED) is 0.879. The Labute approximate surface area is 126 Å². The van der Waals surface area contributed by atoms with Gasteiger partial charge in [0.1, 0.15) is 0 Å². The second-order valence-corrected chi connectivity index (χ2v) is 5.70. The summed E-state index contributed by atoms with van der Waals surface area (Å²) < 4.78 is 5.68. The van der Waals surface area contributed by atoms with E-state index in [2.05, 4.69) is 5.32 Å². The van der Waals surface area contributed by atoms with Crippen molar-refractivity contribution < 1.29 is 19.4 Å². The number of amides is 2. The summed E-state index contributed by atoms with van der Waals surface area (Å²) in [5.41, 5.74) is 0.386. The normalized spacial score (nSPS) is 24.0. The fourth-order valence-corrected chi connectivity index (χ4v) is 2.89. The highest BCUT2D eigenvalue weighted by Gasteiger charge is 2.35. The maximum absolute atomic E-state index is 12.3. The van der Waals surface area contributed by atoms with Crippen molar-refractivity contribution in [2.75, 3.05) is 18.4 Å². The molecule has 1 aromatic carbocycles. The molecule has 3 rings (SSSR count). The SMILES string of the molecule is O=C(O)c1ccc(Cl)c(NC(=O)N2CC3CCC(C2)O3)c1. The van der Waals surface area contributed by atoms with E-state index < -0.39 is 5.97 Å². The number of nitrogens with zero attached hydrogens (tertiary/aromatic N) is 1. The van der Waals surface area contributed by atoms with Crippen LogP contribution in [0.25, 0.3) is 0 Å². The molecule has 2 bridgehead atoms. The van der Waals surface area contributed by atoms with Gasteiger partial charge in [-0.2, -0.15) is 0 Å². The molecule has 2 aliphatic heterocycles. The Hall–Kier alpha value is -1.79. The Morgan fingerprint density at radius 3 is 2.57 bits per heavy atom. The molecule has 7 heteroatoms. The van der Waals surface area contributed by atoms with Crippen LogP contribution < -0.4 is 5.32 Å². The van der Waals surface area contributed by atoms with E-state index in [1.165, 1.54) is 18.2 Å². The first-order valence-electron chi connectivity index (χ1n) is 6.77. The molecular formula is C14H15ClN2O4. The maximum atomic E-state index is 12.3. The summed E-state index contributed by atoms with van der Waals surface area (Å²) in [5, 5.41) is 12.0. The lowest BCUT2D eigenvalue weighted by atomic mass is 10.2. The van der Waals surface area contributed by atoms with Crippen molar-refractivity contribution in [2.24, 2.45) is 0 Å². The topological polar surface area (TPSA) is 78.9 Å². The lowest BCUT2D eigenvalue weighted by Gasteiger charge is -2.32. The Balaban J connectivity index is 1.72. The number of carbonyl (C=O) groups excluding carboxylic acids is 1. The van der Waals surface area contributed by atoms with Crippen LogP contribution in [0, 0.1) is 0 Å². The summed E-state index contributed by atoms with van der Waals surface area (Å²) in [5.74, 6) is -1.06. The Kier molecular flexibility index (Phi) is 3.73. The molecule has 0 radical (unpaired) electrons. The van der Waals surface area contributed by atoms with Crippen LogP contribution in [0.5, 0.6) is 0 Å². The number of carbonyl (C=O) groups is 2. The molecule has 0 aliphatic carbocycles. The number of carboxylic acids is 1. The second kappa shape index (κ2) is 5.54. The molecule has 0 saturated carbocycles. The van der Waals surface area contributed by atoms with Gasteiger partial charge in [0, 0.05) is 13.1 Å². The number of fused-ring (bicyclic) bond motifs is 2. The van der Waals surface area contributed by atoms with E-state index in [0.29, 0.717) is 23.8 Å².